The van der Waals surface area contributed by atoms with E-state index in [0.717, 1.165) is 17.5 Å². The van der Waals surface area contributed by atoms with E-state index < -0.39 is 0 Å². The Morgan fingerprint density at radius 3 is 2.69 bits per heavy atom. The summed E-state index contributed by atoms with van der Waals surface area (Å²) >= 11 is 0.882. The normalized spacial score (nSPS) is 11.9. The molecule has 1 aromatic carbocycles. The zero-order valence-electron chi connectivity index (χ0n) is 9.20. The van der Waals surface area contributed by atoms with Gasteiger partial charge in [0.05, 0.1) is 0 Å². The van der Waals surface area contributed by atoms with Crippen molar-refractivity contribution in [2.45, 2.75) is 19.8 Å². The Hall–Kier alpha value is -1.27. The Morgan fingerprint density at radius 1 is 1.50 bits per heavy atom. The molecule has 0 heterocycles. The van der Waals surface area contributed by atoms with Gasteiger partial charge >= 0.3 is 0 Å². The van der Waals surface area contributed by atoms with Gasteiger partial charge in [-0.3, -0.25) is 5.14 Å². The van der Waals surface area contributed by atoms with E-state index in [1.807, 2.05) is 13.8 Å². The van der Waals surface area contributed by atoms with Crippen molar-refractivity contribution in [3.05, 3.63) is 29.6 Å². The summed E-state index contributed by atoms with van der Waals surface area (Å²) in [6.07, 6.45) is 0. The van der Waals surface area contributed by atoms with Crippen LogP contribution < -0.4 is 16.3 Å². The molecular weight excluding hydrogens is 227 g/mol. The minimum Gasteiger partial charge on any atom is -0.332 e. The molecular formula is C10H15FN4S. The van der Waals surface area contributed by atoms with Gasteiger partial charge in [-0.1, -0.05) is 19.9 Å². The second kappa shape index (κ2) is 5.72. The summed E-state index contributed by atoms with van der Waals surface area (Å²) in [4.78, 5) is 0. The summed E-state index contributed by atoms with van der Waals surface area (Å²) in [6, 6.07) is 4.56. The first-order valence-electron chi connectivity index (χ1n) is 4.79. The fourth-order valence-corrected chi connectivity index (χ4v) is 1.58. The summed E-state index contributed by atoms with van der Waals surface area (Å²) in [5, 5.41) is 12.0. The van der Waals surface area contributed by atoms with Crippen molar-refractivity contribution in [2.75, 3.05) is 5.32 Å². The van der Waals surface area contributed by atoms with Gasteiger partial charge in [-0.05, 0) is 35.6 Å². The second-order valence-corrected chi connectivity index (χ2v) is 4.19. The summed E-state index contributed by atoms with van der Waals surface area (Å²) in [5.74, 6) is 5.08. The zero-order valence-corrected chi connectivity index (χ0v) is 10.0. The number of nitrogens with zero attached hydrogens (tertiary/aromatic N) is 1. The standard InChI is InChI=1S/C10H15FN4S/c1-6(2)8-4-3-7(11)5-9(8)14-10(15-12)16-13/h3-6H,12-13H2,1-2H3,(H,14,15). The fraction of sp³-hybridized carbons (Fsp3) is 0.300. The Morgan fingerprint density at radius 2 is 2.19 bits per heavy atom. The number of anilines is 1. The van der Waals surface area contributed by atoms with Gasteiger partial charge in [-0.15, -0.1) is 0 Å². The van der Waals surface area contributed by atoms with Crippen molar-refractivity contribution in [2.24, 2.45) is 16.1 Å². The number of hydrogen-bond donors (Lipinski definition) is 3. The average Bonchev–Trinajstić information content (AvgIpc) is 2.25. The average molecular weight is 242 g/mol. The van der Waals surface area contributed by atoms with E-state index in [4.69, 9.17) is 11.0 Å². The highest BCUT2D eigenvalue weighted by Crippen LogP contribution is 2.25. The van der Waals surface area contributed by atoms with Crippen LogP contribution in [0.3, 0.4) is 0 Å². The minimum atomic E-state index is -0.315. The van der Waals surface area contributed by atoms with Crippen LogP contribution in [-0.4, -0.2) is 5.17 Å². The quantitative estimate of drug-likeness (QED) is 0.244. The number of halogens is 1. The SMILES string of the molecule is CC(C)c1ccc(F)cc1N/C(=N/N)SN. The topological polar surface area (TPSA) is 76.4 Å². The number of rotatable bonds is 2. The van der Waals surface area contributed by atoms with Gasteiger partial charge in [-0.2, -0.15) is 5.10 Å². The molecule has 1 aromatic rings. The van der Waals surface area contributed by atoms with Crippen LogP contribution >= 0.6 is 11.9 Å². The van der Waals surface area contributed by atoms with E-state index >= 15 is 0 Å². The lowest BCUT2D eigenvalue weighted by molar-refractivity contribution is 0.627. The maximum Gasteiger partial charge on any atom is 0.199 e. The predicted octanol–water partition coefficient (Wildman–Crippen LogP) is 2.20. The van der Waals surface area contributed by atoms with Gasteiger partial charge in [0.1, 0.15) is 5.82 Å². The first-order chi connectivity index (χ1) is 7.58. The molecule has 88 valence electrons. The lowest BCUT2D eigenvalue weighted by Crippen LogP contribution is -2.14. The molecule has 0 unspecified atom stereocenters. The van der Waals surface area contributed by atoms with Gasteiger partial charge in [0.2, 0.25) is 0 Å². The van der Waals surface area contributed by atoms with Gasteiger partial charge in [0.25, 0.3) is 0 Å². The molecule has 0 atom stereocenters. The monoisotopic (exact) mass is 242 g/mol. The van der Waals surface area contributed by atoms with Crippen molar-refractivity contribution in [3.63, 3.8) is 0 Å². The molecule has 1 rings (SSSR count). The molecule has 5 N–H and O–H groups in total. The van der Waals surface area contributed by atoms with E-state index in [1.54, 1.807) is 6.07 Å². The molecule has 0 bridgehead atoms. The molecule has 16 heavy (non-hydrogen) atoms. The van der Waals surface area contributed by atoms with Crippen molar-refractivity contribution < 1.29 is 4.39 Å². The Kier molecular flexibility index (Phi) is 4.57. The first kappa shape index (κ1) is 12.8. The van der Waals surface area contributed by atoms with Gasteiger partial charge < -0.3 is 11.2 Å². The molecule has 0 aliphatic heterocycles. The van der Waals surface area contributed by atoms with Gasteiger partial charge in [0.15, 0.2) is 5.17 Å². The molecule has 0 amide bonds. The number of nitrogens with two attached hydrogens (primary N) is 2. The number of amidine groups is 1. The van der Waals surface area contributed by atoms with E-state index in [2.05, 4.69) is 10.4 Å². The minimum absolute atomic E-state index is 0.268. The summed E-state index contributed by atoms with van der Waals surface area (Å²) in [6.45, 7) is 4.04. The summed E-state index contributed by atoms with van der Waals surface area (Å²) in [5.41, 5.74) is 1.62. The maximum absolute atomic E-state index is 13.1. The molecule has 4 nitrogen and oxygen atoms in total. The van der Waals surface area contributed by atoms with Crippen LogP contribution in [0.4, 0.5) is 10.1 Å². The number of nitrogens with one attached hydrogen (secondary N) is 1. The van der Waals surface area contributed by atoms with E-state index in [9.17, 15) is 4.39 Å². The third kappa shape index (κ3) is 3.11. The lowest BCUT2D eigenvalue weighted by atomic mass is 10.0. The molecule has 0 spiro atoms. The molecule has 0 radical (unpaired) electrons. The highest BCUT2D eigenvalue weighted by Gasteiger charge is 2.09. The van der Waals surface area contributed by atoms with Crippen LogP contribution in [0.15, 0.2) is 23.3 Å². The van der Waals surface area contributed by atoms with Crippen LogP contribution in [0.2, 0.25) is 0 Å². The van der Waals surface area contributed by atoms with Crippen LogP contribution in [0.5, 0.6) is 0 Å². The van der Waals surface area contributed by atoms with E-state index in [-0.39, 0.29) is 11.7 Å². The Bertz CT molecular complexity index is 392. The second-order valence-electron chi connectivity index (χ2n) is 3.56. The first-order valence-corrected chi connectivity index (χ1v) is 5.67. The Balaban J connectivity index is 3.05. The van der Waals surface area contributed by atoms with Crippen LogP contribution in [0.25, 0.3) is 0 Å². The maximum atomic E-state index is 13.1. The van der Waals surface area contributed by atoms with Crippen LogP contribution in [0.1, 0.15) is 25.3 Å². The molecule has 0 aromatic heterocycles. The van der Waals surface area contributed by atoms with Crippen molar-refractivity contribution in [3.8, 4) is 0 Å². The molecule has 0 fully saturated rings. The van der Waals surface area contributed by atoms with Gasteiger partial charge in [0, 0.05) is 5.69 Å². The zero-order chi connectivity index (χ0) is 12.1. The number of benzene rings is 1. The van der Waals surface area contributed by atoms with Crippen LogP contribution in [-0.2, 0) is 0 Å². The number of hydrogen-bond acceptors (Lipinski definition) is 4. The van der Waals surface area contributed by atoms with Gasteiger partial charge in [-0.25, -0.2) is 4.39 Å². The smallest absolute Gasteiger partial charge is 0.199 e. The molecule has 0 aliphatic carbocycles. The summed E-state index contributed by atoms with van der Waals surface area (Å²) in [7, 11) is 0. The third-order valence-corrected chi connectivity index (χ3v) is 2.54. The highest BCUT2D eigenvalue weighted by atomic mass is 32.2. The predicted molar refractivity (Wildman–Crippen MR) is 67.5 cm³/mol. The van der Waals surface area contributed by atoms with Crippen LogP contribution in [0, 0.1) is 5.82 Å². The molecule has 0 aliphatic rings. The highest BCUT2D eigenvalue weighted by molar-refractivity contribution is 8.12. The largest absolute Gasteiger partial charge is 0.332 e. The van der Waals surface area contributed by atoms with Crippen molar-refractivity contribution >= 4 is 22.8 Å². The van der Waals surface area contributed by atoms with Crippen molar-refractivity contribution in [1.82, 2.24) is 0 Å². The third-order valence-electron chi connectivity index (χ3n) is 2.11. The van der Waals surface area contributed by atoms with E-state index in [0.29, 0.717) is 10.9 Å². The molecule has 0 saturated heterocycles. The summed E-state index contributed by atoms with van der Waals surface area (Å²) < 4.78 is 13.1. The molecule has 6 heteroatoms. The fourth-order valence-electron chi connectivity index (χ4n) is 1.35. The molecule has 0 saturated carbocycles. The Labute approximate surface area is 98.4 Å². The van der Waals surface area contributed by atoms with Crippen molar-refractivity contribution in [1.29, 1.82) is 0 Å². The number of hydrazone groups is 1. The van der Waals surface area contributed by atoms with E-state index in [1.165, 1.54) is 12.1 Å². The lowest BCUT2D eigenvalue weighted by Gasteiger charge is -2.14.